The van der Waals surface area contributed by atoms with Crippen LogP contribution in [0.15, 0.2) is 34.8 Å². The maximum atomic E-state index is 13.4. The third-order valence-corrected chi connectivity index (χ3v) is 3.53. The second kappa shape index (κ2) is 6.76. The van der Waals surface area contributed by atoms with E-state index in [-0.39, 0.29) is 17.6 Å². The molecule has 0 radical (unpaired) electrons. The summed E-state index contributed by atoms with van der Waals surface area (Å²) in [6.45, 7) is 1.94. The predicted molar refractivity (Wildman–Crippen MR) is 83.2 cm³/mol. The van der Waals surface area contributed by atoms with E-state index < -0.39 is 0 Å². The first-order valence-corrected chi connectivity index (χ1v) is 7.29. The zero-order valence-corrected chi connectivity index (χ0v) is 13.3. The fraction of sp³-hybridized carbons (Fsp3) is 0.267. The summed E-state index contributed by atoms with van der Waals surface area (Å²) in [5.41, 5.74) is 0.498. The molecule has 2 rings (SSSR count). The lowest BCUT2D eigenvalue weighted by Gasteiger charge is -2.19. The first-order chi connectivity index (χ1) is 10.0. The number of phenols is 1. The molecule has 0 aliphatic heterocycles. The third kappa shape index (κ3) is 3.85. The Morgan fingerprint density at radius 3 is 2.81 bits per heavy atom. The Kier molecular flexibility index (Phi) is 5.01. The highest BCUT2D eigenvalue weighted by Crippen LogP contribution is 2.31. The van der Waals surface area contributed by atoms with Crippen LogP contribution in [0.3, 0.4) is 0 Å². The summed E-state index contributed by atoms with van der Waals surface area (Å²) in [4.78, 5) is 4.28. The quantitative estimate of drug-likeness (QED) is 0.842. The van der Waals surface area contributed by atoms with Gasteiger partial charge in [-0.1, -0.05) is 22.9 Å². The summed E-state index contributed by atoms with van der Waals surface area (Å²) in [6.07, 6.45) is 0.660. The molecule has 1 heterocycles. The molecule has 0 spiro atoms. The van der Waals surface area contributed by atoms with Crippen LogP contribution in [0.1, 0.15) is 24.9 Å². The van der Waals surface area contributed by atoms with Gasteiger partial charge in [-0.15, -0.1) is 0 Å². The van der Waals surface area contributed by atoms with Gasteiger partial charge >= 0.3 is 0 Å². The summed E-state index contributed by atoms with van der Waals surface area (Å²) in [7, 11) is 1.54. The molecule has 2 aromatic rings. The number of nitrogens with zero attached hydrogens (tertiary/aromatic N) is 1. The number of phenolic OH excluding ortho intramolecular Hbond substituents is 1. The maximum Gasteiger partial charge on any atom is 0.216 e. The fourth-order valence-electron chi connectivity index (χ4n) is 2.03. The molecule has 0 fully saturated rings. The lowest BCUT2D eigenvalue weighted by molar-refractivity contribution is 0.398. The predicted octanol–water partition coefficient (Wildman–Crippen LogP) is 4.26. The third-order valence-electron chi connectivity index (χ3n) is 3.07. The summed E-state index contributed by atoms with van der Waals surface area (Å²) in [6, 6.07) is 7.18. The van der Waals surface area contributed by atoms with Gasteiger partial charge in [0.05, 0.1) is 13.2 Å². The van der Waals surface area contributed by atoms with Crippen LogP contribution >= 0.6 is 15.9 Å². The van der Waals surface area contributed by atoms with Gasteiger partial charge in [-0.3, -0.25) is 0 Å². The summed E-state index contributed by atoms with van der Waals surface area (Å²) in [5.74, 6) is 0.711. The minimum absolute atomic E-state index is 0.0534. The smallest absolute Gasteiger partial charge is 0.216 e. The van der Waals surface area contributed by atoms with Crippen LogP contribution in [-0.4, -0.2) is 17.2 Å². The molecule has 112 valence electrons. The molecule has 0 aliphatic rings. The van der Waals surface area contributed by atoms with Gasteiger partial charge in [0, 0.05) is 16.1 Å². The number of aromatic hydroxyl groups is 1. The molecule has 2 N–H and O–H groups in total. The fourth-order valence-corrected chi connectivity index (χ4v) is 2.45. The van der Waals surface area contributed by atoms with Crippen LogP contribution in [0, 0.1) is 5.82 Å². The molecular weight excluding hydrogens is 339 g/mol. The number of benzene rings is 1. The Morgan fingerprint density at radius 2 is 2.14 bits per heavy atom. The van der Waals surface area contributed by atoms with E-state index in [0.29, 0.717) is 23.7 Å². The van der Waals surface area contributed by atoms with Gasteiger partial charge in [-0.25, -0.2) is 4.39 Å². The van der Waals surface area contributed by atoms with Crippen molar-refractivity contribution in [3.05, 3.63) is 46.2 Å². The van der Waals surface area contributed by atoms with Gasteiger partial charge in [-0.2, -0.15) is 4.98 Å². The van der Waals surface area contributed by atoms with Crippen LogP contribution in [0.5, 0.6) is 11.6 Å². The van der Waals surface area contributed by atoms with E-state index in [4.69, 9.17) is 4.74 Å². The zero-order chi connectivity index (χ0) is 15.4. The van der Waals surface area contributed by atoms with Crippen molar-refractivity contribution in [2.24, 2.45) is 0 Å². The Balaban J connectivity index is 2.31. The summed E-state index contributed by atoms with van der Waals surface area (Å²) < 4.78 is 19.3. The average Bonchev–Trinajstić information content (AvgIpc) is 2.47. The molecule has 0 bridgehead atoms. The molecule has 1 atom stereocenters. The Morgan fingerprint density at radius 1 is 1.38 bits per heavy atom. The Bertz CT molecular complexity index is 637. The lowest BCUT2D eigenvalue weighted by Crippen LogP contribution is -2.11. The number of anilines is 1. The van der Waals surface area contributed by atoms with Crippen LogP contribution in [-0.2, 0) is 0 Å². The van der Waals surface area contributed by atoms with Crippen LogP contribution in [0.2, 0.25) is 0 Å². The van der Waals surface area contributed by atoms with Crippen molar-refractivity contribution < 1.29 is 14.2 Å². The molecule has 1 aromatic heterocycles. The van der Waals surface area contributed by atoms with Crippen molar-refractivity contribution in [2.75, 3.05) is 12.4 Å². The number of ether oxygens (including phenoxy) is 1. The lowest BCUT2D eigenvalue weighted by atomic mass is 10.0. The maximum absolute atomic E-state index is 13.4. The van der Waals surface area contributed by atoms with Crippen molar-refractivity contribution in [1.82, 2.24) is 4.98 Å². The Labute approximate surface area is 131 Å². The number of aromatic nitrogens is 1. The van der Waals surface area contributed by atoms with Crippen LogP contribution in [0.25, 0.3) is 0 Å². The highest BCUT2D eigenvalue weighted by molar-refractivity contribution is 9.10. The summed E-state index contributed by atoms with van der Waals surface area (Å²) in [5, 5.41) is 13.1. The molecule has 0 aliphatic carbocycles. The Hall–Kier alpha value is -1.82. The highest BCUT2D eigenvalue weighted by atomic mass is 79.9. The van der Waals surface area contributed by atoms with E-state index in [9.17, 15) is 9.50 Å². The standard InChI is InChI=1S/C15H16BrFN2O2/c1-3-12(11-8-10(17)4-5-13(11)20)18-14-6-9(16)7-15(19-14)21-2/h4-8,12,20H,3H2,1-2H3,(H,18,19). The first kappa shape index (κ1) is 15.6. The topological polar surface area (TPSA) is 54.4 Å². The number of rotatable bonds is 5. The number of methoxy groups -OCH3 is 1. The zero-order valence-electron chi connectivity index (χ0n) is 11.7. The van der Waals surface area contributed by atoms with Crippen LogP contribution in [0.4, 0.5) is 10.2 Å². The second-order valence-corrected chi connectivity index (χ2v) is 5.44. The molecule has 4 nitrogen and oxygen atoms in total. The number of pyridine rings is 1. The van der Waals surface area contributed by atoms with Gasteiger partial charge in [0.15, 0.2) is 0 Å². The average molecular weight is 355 g/mol. The number of halogens is 2. The van der Waals surface area contributed by atoms with Gasteiger partial charge in [0.2, 0.25) is 5.88 Å². The molecule has 21 heavy (non-hydrogen) atoms. The SMILES string of the molecule is CCC(Nc1cc(Br)cc(OC)n1)c1cc(F)ccc1O. The van der Waals surface area contributed by atoms with Crippen molar-refractivity contribution in [2.45, 2.75) is 19.4 Å². The molecule has 0 saturated heterocycles. The number of nitrogens with one attached hydrogen (secondary N) is 1. The molecule has 1 aromatic carbocycles. The summed E-state index contributed by atoms with van der Waals surface area (Å²) >= 11 is 3.38. The molecule has 0 saturated carbocycles. The normalized spacial score (nSPS) is 12.0. The minimum Gasteiger partial charge on any atom is -0.508 e. The van der Waals surface area contributed by atoms with E-state index in [0.717, 1.165) is 4.47 Å². The van der Waals surface area contributed by atoms with Gasteiger partial charge in [-0.05, 0) is 30.7 Å². The molecule has 6 heteroatoms. The number of hydrogen-bond donors (Lipinski definition) is 2. The first-order valence-electron chi connectivity index (χ1n) is 6.50. The molecule has 0 amide bonds. The van der Waals surface area contributed by atoms with Gasteiger partial charge in [0.1, 0.15) is 17.4 Å². The molecule has 1 unspecified atom stereocenters. The van der Waals surface area contributed by atoms with Gasteiger partial charge in [0.25, 0.3) is 0 Å². The minimum atomic E-state index is -0.386. The van der Waals surface area contributed by atoms with Crippen molar-refractivity contribution in [3.8, 4) is 11.6 Å². The van der Waals surface area contributed by atoms with E-state index in [1.807, 2.05) is 6.92 Å². The van der Waals surface area contributed by atoms with Crippen molar-refractivity contribution >= 4 is 21.7 Å². The second-order valence-electron chi connectivity index (χ2n) is 4.52. The van der Waals surface area contributed by atoms with Gasteiger partial charge < -0.3 is 15.2 Å². The van der Waals surface area contributed by atoms with E-state index in [1.165, 1.54) is 25.3 Å². The van der Waals surface area contributed by atoms with Crippen molar-refractivity contribution in [1.29, 1.82) is 0 Å². The largest absolute Gasteiger partial charge is 0.508 e. The van der Waals surface area contributed by atoms with Crippen LogP contribution < -0.4 is 10.1 Å². The van der Waals surface area contributed by atoms with E-state index >= 15 is 0 Å². The monoisotopic (exact) mass is 354 g/mol. The molecular formula is C15H16BrFN2O2. The number of hydrogen-bond acceptors (Lipinski definition) is 4. The highest BCUT2D eigenvalue weighted by Gasteiger charge is 2.15. The van der Waals surface area contributed by atoms with E-state index in [1.54, 1.807) is 12.1 Å². The van der Waals surface area contributed by atoms with Crippen molar-refractivity contribution in [3.63, 3.8) is 0 Å². The van der Waals surface area contributed by atoms with E-state index in [2.05, 4.69) is 26.2 Å².